The first-order valence-electron chi connectivity index (χ1n) is 4.36. The molecule has 15 heavy (non-hydrogen) atoms. The Hall–Kier alpha value is 0.130. The summed E-state index contributed by atoms with van der Waals surface area (Å²) in [7, 11) is 1.96. The lowest BCUT2D eigenvalue weighted by atomic mass is 10.1. The normalized spacial score (nSPS) is 13.0. The first kappa shape index (κ1) is 11.6. The zero-order valence-corrected chi connectivity index (χ0v) is 11.9. The summed E-state index contributed by atoms with van der Waals surface area (Å²) in [6.07, 6.45) is 0. The molecular formula is C10H9BrClNS2. The van der Waals surface area contributed by atoms with Crippen LogP contribution in [0.1, 0.15) is 16.5 Å². The zero-order chi connectivity index (χ0) is 10.8. The standard InChI is InChI=1S/C10H9BrClNS2/c1-13-9(6-2-3-14-5-6)8-4-7(11)10(12)15-8/h2-5,9,13H,1H3. The second-order valence-electron chi connectivity index (χ2n) is 3.05. The van der Waals surface area contributed by atoms with Gasteiger partial charge < -0.3 is 5.32 Å². The summed E-state index contributed by atoms with van der Waals surface area (Å²) in [5.74, 6) is 0. The highest BCUT2D eigenvalue weighted by Crippen LogP contribution is 2.37. The topological polar surface area (TPSA) is 12.0 Å². The van der Waals surface area contributed by atoms with Gasteiger partial charge in [0.25, 0.3) is 0 Å². The lowest BCUT2D eigenvalue weighted by Crippen LogP contribution is -2.15. The highest BCUT2D eigenvalue weighted by molar-refractivity contribution is 9.10. The SMILES string of the molecule is CNC(c1ccsc1)c1cc(Br)c(Cl)s1. The number of nitrogens with one attached hydrogen (secondary N) is 1. The van der Waals surface area contributed by atoms with Crippen molar-refractivity contribution < 1.29 is 0 Å². The van der Waals surface area contributed by atoms with Crippen molar-refractivity contribution in [1.29, 1.82) is 0 Å². The van der Waals surface area contributed by atoms with Crippen molar-refractivity contribution in [3.63, 3.8) is 0 Å². The van der Waals surface area contributed by atoms with Gasteiger partial charge in [0.2, 0.25) is 0 Å². The predicted molar refractivity (Wildman–Crippen MR) is 72.3 cm³/mol. The second kappa shape index (κ2) is 4.97. The molecule has 5 heteroatoms. The van der Waals surface area contributed by atoms with Crippen LogP contribution in [0.25, 0.3) is 0 Å². The van der Waals surface area contributed by atoms with Crippen LogP contribution in [0, 0.1) is 0 Å². The highest BCUT2D eigenvalue weighted by Gasteiger charge is 2.16. The third kappa shape index (κ3) is 2.45. The molecule has 0 amide bonds. The Morgan fingerprint density at radius 2 is 2.33 bits per heavy atom. The molecular weight excluding hydrogens is 314 g/mol. The van der Waals surface area contributed by atoms with Crippen LogP contribution in [0.5, 0.6) is 0 Å². The lowest BCUT2D eigenvalue weighted by Gasteiger charge is -2.12. The monoisotopic (exact) mass is 321 g/mol. The molecule has 0 aliphatic heterocycles. The maximum absolute atomic E-state index is 6.04. The summed E-state index contributed by atoms with van der Waals surface area (Å²) < 4.78 is 1.78. The number of hydrogen-bond acceptors (Lipinski definition) is 3. The van der Waals surface area contributed by atoms with Gasteiger partial charge in [-0.3, -0.25) is 0 Å². The minimum absolute atomic E-state index is 0.241. The van der Waals surface area contributed by atoms with Gasteiger partial charge in [0.1, 0.15) is 4.34 Å². The molecule has 0 bridgehead atoms. The van der Waals surface area contributed by atoms with E-state index in [2.05, 4.69) is 44.1 Å². The van der Waals surface area contributed by atoms with E-state index in [0.717, 1.165) is 8.81 Å². The van der Waals surface area contributed by atoms with Gasteiger partial charge in [0.05, 0.1) is 6.04 Å². The van der Waals surface area contributed by atoms with Crippen LogP contribution in [0.4, 0.5) is 0 Å². The summed E-state index contributed by atoms with van der Waals surface area (Å²) in [6, 6.07) is 4.45. The average molecular weight is 323 g/mol. The Balaban J connectivity index is 2.35. The first-order valence-corrected chi connectivity index (χ1v) is 7.29. The molecule has 1 unspecified atom stereocenters. The van der Waals surface area contributed by atoms with Crippen LogP contribution in [-0.2, 0) is 0 Å². The fraction of sp³-hybridized carbons (Fsp3) is 0.200. The Labute approximate surface area is 110 Å². The van der Waals surface area contributed by atoms with Crippen molar-refractivity contribution in [2.24, 2.45) is 0 Å². The third-order valence-electron chi connectivity index (χ3n) is 2.11. The summed E-state index contributed by atoms with van der Waals surface area (Å²) in [5.41, 5.74) is 1.29. The second-order valence-corrected chi connectivity index (χ2v) is 6.37. The van der Waals surface area contributed by atoms with E-state index in [1.807, 2.05) is 7.05 Å². The van der Waals surface area contributed by atoms with Gasteiger partial charge in [-0.15, -0.1) is 11.3 Å². The van der Waals surface area contributed by atoms with Gasteiger partial charge in [0, 0.05) is 9.35 Å². The van der Waals surface area contributed by atoms with Crippen molar-refractivity contribution in [3.05, 3.63) is 42.1 Å². The summed E-state index contributed by atoms with van der Waals surface area (Å²) in [4.78, 5) is 1.23. The van der Waals surface area contributed by atoms with E-state index < -0.39 is 0 Å². The quantitative estimate of drug-likeness (QED) is 0.875. The highest BCUT2D eigenvalue weighted by atomic mass is 79.9. The zero-order valence-electron chi connectivity index (χ0n) is 7.96. The average Bonchev–Trinajstić information content (AvgIpc) is 2.80. The molecule has 2 rings (SSSR count). The number of thiophene rings is 2. The van der Waals surface area contributed by atoms with E-state index in [1.165, 1.54) is 10.4 Å². The molecule has 1 atom stereocenters. The molecule has 0 aromatic carbocycles. The van der Waals surface area contributed by atoms with Gasteiger partial charge in [-0.25, -0.2) is 0 Å². The van der Waals surface area contributed by atoms with Crippen LogP contribution in [0.15, 0.2) is 27.4 Å². The maximum Gasteiger partial charge on any atom is 0.107 e. The van der Waals surface area contributed by atoms with Gasteiger partial charge in [0.15, 0.2) is 0 Å². The Bertz CT molecular complexity index is 419. The smallest absolute Gasteiger partial charge is 0.107 e. The maximum atomic E-state index is 6.04. The van der Waals surface area contributed by atoms with Crippen LogP contribution in [0.3, 0.4) is 0 Å². The molecule has 0 saturated heterocycles. The Kier molecular flexibility index (Phi) is 3.85. The van der Waals surface area contributed by atoms with Crippen LogP contribution in [-0.4, -0.2) is 7.05 Å². The van der Waals surface area contributed by atoms with Gasteiger partial charge in [-0.05, 0) is 51.4 Å². The fourth-order valence-corrected chi connectivity index (χ4v) is 3.98. The predicted octanol–water partition coefficient (Wildman–Crippen LogP) is 4.53. The summed E-state index contributed by atoms with van der Waals surface area (Å²) in [6.45, 7) is 0. The molecule has 0 saturated carbocycles. The summed E-state index contributed by atoms with van der Waals surface area (Å²) >= 11 is 12.8. The molecule has 0 radical (unpaired) electrons. The number of hydrogen-bond donors (Lipinski definition) is 1. The van der Waals surface area contributed by atoms with Crippen molar-refractivity contribution in [2.75, 3.05) is 7.05 Å². The Morgan fingerprint density at radius 3 is 2.80 bits per heavy atom. The van der Waals surface area contributed by atoms with Crippen LogP contribution >= 0.6 is 50.2 Å². The lowest BCUT2D eigenvalue weighted by molar-refractivity contribution is 0.706. The molecule has 1 N–H and O–H groups in total. The van der Waals surface area contributed by atoms with E-state index in [9.17, 15) is 0 Å². The van der Waals surface area contributed by atoms with E-state index >= 15 is 0 Å². The van der Waals surface area contributed by atoms with E-state index in [1.54, 1.807) is 22.7 Å². The van der Waals surface area contributed by atoms with Gasteiger partial charge in [-0.1, -0.05) is 11.6 Å². The van der Waals surface area contributed by atoms with Crippen molar-refractivity contribution in [2.45, 2.75) is 6.04 Å². The van der Waals surface area contributed by atoms with Crippen molar-refractivity contribution in [3.8, 4) is 0 Å². The largest absolute Gasteiger partial charge is 0.309 e. The summed E-state index contributed by atoms with van der Waals surface area (Å²) in [5, 5.41) is 7.54. The molecule has 0 spiro atoms. The molecule has 0 aliphatic rings. The Morgan fingerprint density at radius 1 is 1.53 bits per heavy atom. The molecule has 0 aliphatic carbocycles. The van der Waals surface area contributed by atoms with Crippen molar-refractivity contribution in [1.82, 2.24) is 5.32 Å². The van der Waals surface area contributed by atoms with Crippen molar-refractivity contribution >= 4 is 50.2 Å². The van der Waals surface area contributed by atoms with Crippen LogP contribution in [0.2, 0.25) is 4.34 Å². The molecule has 0 fully saturated rings. The molecule has 2 aromatic rings. The van der Waals surface area contributed by atoms with E-state index in [0.29, 0.717) is 0 Å². The van der Waals surface area contributed by atoms with E-state index in [4.69, 9.17) is 11.6 Å². The molecule has 2 heterocycles. The van der Waals surface area contributed by atoms with Gasteiger partial charge >= 0.3 is 0 Å². The number of rotatable bonds is 3. The number of halogens is 2. The molecule has 1 nitrogen and oxygen atoms in total. The molecule has 2 aromatic heterocycles. The third-order valence-corrected chi connectivity index (χ3v) is 5.35. The first-order chi connectivity index (χ1) is 7.22. The minimum Gasteiger partial charge on any atom is -0.309 e. The van der Waals surface area contributed by atoms with Crippen LogP contribution < -0.4 is 5.32 Å². The molecule has 80 valence electrons. The van der Waals surface area contributed by atoms with Gasteiger partial charge in [-0.2, -0.15) is 11.3 Å². The van der Waals surface area contributed by atoms with E-state index in [-0.39, 0.29) is 6.04 Å². The fourth-order valence-electron chi connectivity index (χ4n) is 1.42. The minimum atomic E-state index is 0.241.